The highest BCUT2D eigenvalue weighted by atomic mass is 19.3. The summed E-state index contributed by atoms with van der Waals surface area (Å²) in [7, 11) is 1.50. The van der Waals surface area contributed by atoms with Crippen LogP contribution >= 0.6 is 0 Å². The molecule has 11 nitrogen and oxygen atoms in total. The van der Waals surface area contributed by atoms with Crippen molar-refractivity contribution in [1.29, 1.82) is 0 Å². The molecule has 28 heavy (non-hydrogen) atoms. The van der Waals surface area contributed by atoms with E-state index in [1.807, 2.05) is 0 Å². The Labute approximate surface area is 157 Å². The first kappa shape index (κ1) is 19.7. The van der Waals surface area contributed by atoms with Crippen LogP contribution in [0.2, 0.25) is 0 Å². The molecule has 2 aromatic rings. The highest BCUT2D eigenvalue weighted by molar-refractivity contribution is 6.02. The van der Waals surface area contributed by atoms with Gasteiger partial charge in [-0.05, 0) is 6.07 Å². The molecule has 2 atom stereocenters. The molecule has 1 aliphatic heterocycles. The van der Waals surface area contributed by atoms with Crippen LogP contribution in [0.15, 0.2) is 12.1 Å². The molecule has 3 heterocycles. The topological polar surface area (TPSA) is 146 Å². The van der Waals surface area contributed by atoms with Crippen LogP contribution in [0, 0.1) is 0 Å². The lowest BCUT2D eigenvalue weighted by atomic mass is 10.1. The van der Waals surface area contributed by atoms with Gasteiger partial charge in [0, 0.05) is 19.5 Å². The number of ether oxygens (including phenoxy) is 3. The minimum atomic E-state index is -2.92. The fourth-order valence-corrected chi connectivity index (χ4v) is 2.77. The Balaban J connectivity index is 1.59. The van der Waals surface area contributed by atoms with Gasteiger partial charge in [0.1, 0.15) is 17.9 Å². The number of hydrogen-bond acceptors (Lipinski definition) is 7. The van der Waals surface area contributed by atoms with Crippen LogP contribution in [0.25, 0.3) is 0 Å². The largest absolute Gasteiger partial charge is 0.444 e. The minimum absolute atomic E-state index is 0.143. The highest BCUT2D eigenvalue weighted by Crippen LogP contribution is 2.30. The molecule has 1 fully saturated rings. The molecule has 152 valence electrons. The summed E-state index contributed by atoms with van der Waals surface area (Å²) in [6.45, 7) is -3.14. The van der Waals surface area contributed by atoms with Crippen LogP contribution in [0.4, 0.5) is 19.4 Å². The number of aromatic nitrogens is 4. The number of alkyl halides is 2. The van der Waals surface area contributed by atoms with E-state index in [0.717, 1.165) is 0 Å². The summed E-state index contributed by atoms with van der Waals surface area (Å²) in [5, 5.41) is 13.2. The predicted molar refractivity (Wildman–Crippen MR) is 88.3 cm³/mol. The van der Waals surface area contributed by atoms with Gasteiger partial charge in [-0.25, -0.2) is 4.79 Å². The average molecular weight is 400 g/mol. The Hall–Kier alpha value is -3.06. The van der Waals surface area contributed by atoms with Gasteiger partial charge in [0.05, 0.1) is 24.6 Å². The van der Waals surface area contributed by atoms with Gasteiger partial charge in [0.2, 0.25) is 0 Å². The maximum Gasteiger partial charge on any atom is 0.404 e. The number of carbonyl (C=O) groups excluding carboxylic acids is 2. The Kier molecular flexibility index (Phi) is 5.84. The van der Waals surface area contributed by atoms with Crippen LogP contribution in [0.5, 0.6) is 0 Å². The molecule has 0 aromatic carbocycles. The molecule has 1 aliphatic rings. The van der Waals surface area contributed by atoms with E-state index in [4.69, 9.17) is 15.2 Å². The van der Waals surface area contributed by atoms with Gasteiger partial charge in [0.25, 0.3) is 5.91 Å². The molecular formula is C15H18F2N6O5. The van der Waals surface area contributed by atoms with E-state index >= 15 is 0 Å². The summed E-state index contributed by atoms with van der Waals surface area (Å²) in [5.41, 5.74) is 5.90. The molecule has 13 heteroatoms. The van der Waals surface area contributed by atoms with Gasteiger partial charge in [-0.1, -0.05) is 0 Å². The quantitative estimate of drug-likeness (QED) is 0.630. The number of amides is 2. The fraction of sp³-hybridized carbons (Fsp3) is 0.467. The Morgan fingerprint density at radius 1 is 1.50 bits per heavy atom. The molecular weight excluding hydrogens is 382 g/mol. The van der Waals surface area contributed by atoms with E-state index in [-0.39, 0.29) is 23.8 Å². The van der Waals surface area contributed by atoms with Crippen LogP contribution in [0.3, 0.4) is 0 Å². The Morgan fingerprint density at radius 2 is 2.29 bits per heavy atom. The third kappa shape index (κ3) is 4.80. The van der Waals surface area contributed by atoms with Gasteiger partial charge in [-0.15, -0.1) is 0 Å². The Morgan fingerprint density at radius 3 is 3.00 bits per heavy atom. The first-order valence-corrected chi connectivity index (χ1v) is 8.19. The zero-order valence-corrected chi connectivity index (χ0v) is 14.7. The summed E-state index contributed by atoms with van der Waals surface area (Å²) in [6.07, 6.45) is -1.32. The summed E-state index contributed by atoms with van der Waals surface area (Å²) in [5.74, 6) is -0.298. The van der Waals surface area contributed by atoms with Gasteiger partial charge >= 0.3 is 12.7 Å². The number of nitrogens with zero attached hydrogens (tertiary/aromatic N) is 3. The van der Waals surface area contributed by atoms with Gasteiger partial charge in [0.15, 0.2) is 5.82 Å². The monoisotopic (exact) mass is 400 g/mol. The second-order valence-corrected chi connectivity index (χ2v) is 6.00. The van der Waals surface area contributed by atoms with Crippen molar-refractivity contribution in [1.82, 2.24) is 20.0 Å². The maximum absolute atomic E-state index is 12.4. The molecule has 0 spiro atoms. The average Bonchev–Trinajstić information content (AvgIpc) is 3.32. The van der Waals surface area contributed by atoms with Crippen molar-refractivity contribution < 1.29 is 32.6 Å². The molecule has 0 saturated carbocycles. The smallest absolute Gasteiger partial charge is 0.404 e. The van der Waals surface area contributed by atoms with Crippen LogP contribution in [0.1, 0.15) is 34.4 Å². The lowest BCUT2D eigenvalue weighted by Gasteiger charge is -2.07. The molecule has 1 saturated heterocycles. The van der Waals surface area contributed by atoms with Gasteiger partial charge < -0.3 is 25.3 Å². The number of rotatable bonds is 7. The number of primary amides is 1. The number of H-pyrrole nitrogens is 1. The van der Waals surface area contributed by atoms with Crippen LogP contribution < -0.4 is 11.1 Å². The summed E-state index contributed by atoms with van der Waals surface area (Å²) in [6, 6.07) is 2.92. The molecule has 0 bridgehead atoms. The van der Waals surface area contributed by atoms with Crippen molar-refractivity contribution in [2.45, 2.75) is 31.8 Å². The molecule has 2 aromatic heterocycles. The normalized spacial score (nSPS) is 19.1. The van der Waals surface area contributed by atoms with E-state index in [2.05, 4.69) is 25.3 Å². The standard InChI is InChI=1S/C15H18F2N6O5/c1-23-10(2-7(22-23)5-27-14(16)17)13(24)19-12-4-9(20-21-12)11-3-8(6-26-11)28-15(18)25/h2,4,8,11,14H,3,5-6H2,1H3,(H2,18,25)(H2,19,20,21,24)/t8-,11-/m0/s1. The van der Waals surface area contributed by atoms with Crippen molar-refractivity contribution >= 4 is 17.8 Å². The van der Waals surface area contributed by atoms with Crippen LogP contribution in [-0.2, 0) is 27.9 Å². The lowest BCUT2D eigenvalue weighted by molar-refractivity contribution is -0.138. The summed E-state index contributed by atoms with van der Waals surface area (Å²) < 4.78 is 40.0. The zero-order valence-electron chi connectivity index (χ0n) is 14.7. The predicted octanol–water partition coefficient (Wildman–Crippen LogP) is 1.06. The number of aryl methyl sites for hydroxylation is 1. The molecule has 0 aliphatic carbocycles. The van der Waals surface area contributed by atoms with Crippen molar-refractivity contribution in [2.75, 3.05) is 11.9 Å². The van der Waals surface area contributed by atoms with Crippen molar-refractivity contribution in [2.24, 2.45) is 12.8 Å². The number of aromatic amines is 1. The highest BCUT2D eigenvalue weighted by Gasteiger charge is 2.30. The molecule has 4 N–H and O–H groups in total. The maximum atomic E-state index is 12.4. The number of nitrogens with two attached hydrogens (primary N) is 1. The minimum Gasteiger partial charge on any atom is -0.444 e. The van der Waals surface area contributed by atoms with E-state index < -0.39 is 37.4 Å². The van der Waals surface area contributed by atoms with Crippen molar-refractivity contribution in [3.8, 4) is 0 Å². The fourth-order valence-electron chi connectivity index (χ4n) is 2.77. The SMILES string of the molecule is Cn1nc(COC(F)F)cc1C(=O)Nc1cc([C@@H]2C[C@H](OC(N)=O)CO2)[nH]n1. The van der Waals surface area contributed by atoms with E-state index in [1.54, 1.807) is 6.07 Å². The van der Waals surface area contributed by atoms with Crippen LogP contribution in [-0.4, -0.2) is 51.3 Å². The second kappa shape index (κ2) is 8.31. The van der Waals surface area contributed by atoms with Crippen molar-refractivity contribution in [3.05, 3.63) is 29.2 Å². The van der Waals surface area contributed by atoms with E-state index in [0.29, 0.717) is 12.1 Å². The number of hydrogen-bond donors (Lipinski definition) is 3. The number of halogens is 2. The molecule has 3 rings (SSSR count). The zero-order chi connectivity index (χ0) is 20.3. The molecule has 2 amide bonds. The second-order valence-electron chi connectivity index (χ2n) is 6.00. The third-order valence-corrected chi connectivity index (χ3v) is 3.95. The lowest BCUT2D eigenvalue weighted by Crippen LogP contribution is -2.22. The van der Waals surface area contributed by atoms with E-state index in [9.17, 15) is 18.4 Å². The van der Waals surface area contributed by atoms with Gasteiger partial charge in [-0.3, -0.25) is 14.6 Å². The van der Waals surface area contributed by atoms with Crippen molar-refractivity contribution in [3.63, 3.8) is 0 Å². The first-order chi connectivity index (χ1) is 13.3. The molecule has 0 radical (unpaired) electrons. The first-order valence-electron chi connectivity index (χ1n) is 8.19. The number of anilines is 1. The molecule has 0 unspecified atom stereocenters. The number of carbonyl (C=O) groups is 2. The third-order valence-electron chi connectivity index (χ3n) is 3.95. The van der Waals surface area contributed by atoms with Gasteiger partial charge in [-0.2, -0.15) is 19.0 Å². The Bertz CT molecular complexity index is 854. The van der Waals surface area contributed by atoms with E-state index in [1.165, 1.54) is 17.8 Å². The summed E-state index contributed by atoms with van der Waals surface area (Å²) in [4.78, 5) is 23.2. The summed E-state index contributed by atoms with van der Waals surface area (Å²) >= 11 is 0. The number of nitrogens with one attached hydrogen (secondary N) is 2.